The molecule has 3 N–H and O–H groups in total. The van der Waals surface area contributed by atoms with Crippen molar-refractivity contribution in [1.82, 2.24) is 0 Å². The predicted molar refractivity (Wildman–Crippen MR) is 22.8 cm³/mol. The van der Waals surface area contributed by atoms with Crippen LogP contribution in [0, 0.1) is 0 Å². The van der Waals surface area contributed by atoms with Gasteiger partial charge in [0.2, 0.25) is 0 Å². The molecule has 7 heavy (non-hydrogen) atoms. The minimum absolute atomic E-state index is 0. The fourth-order valence-corrected chi connectivity index (χ4v) is 0. The third-order valence-electron chi connectivity index (χ3n) is 0. The van der Waals surface area contributed by atoms with Crippen molar-refractivity contribution in [2.75, 3.05) is 0 Å². The molecule has 0 unspecified atom stereocenters. The zero-order valence-corrected chi connectivity index (χ0v) is 4.88. The van der Waals surface area contributed by atoms with E-state index in [1.165, 1.54) is 0 Å². The van der Waals surface area contributed by atoms with E-state index in [-0.39, 0.29) is 45.4 Å². The molecule has 0 aromatic carbocycles. The molecule has 0 bridgehead atoms. The molecule has 1 radical (unpaired) electrons. The van der Waals surface area contributed by atoms with Crippen LogP contribution in [0.1, 0.15) is 0 Å². The number of rotatable bonds is 0. The quantitative estimate of drug-likeness (QED) is 0.338. The van der Waals surface area contributed by atoms with Crippen LogP contribution in [-0.2, 0) is 26.9 Å². The topological polar surface area (TPSA) is 77.8 Å². The summed E-state index contributed by atoms with van der Waals surface area (Å²) < 4.78 is 8.88. The third-order valence-corrected chi connectivity index (χ3v) is 0. The Balaban J connectivity index is -0.0000000800. The van der Waals surface area contributed by atoms with E-state index in [2.05, 4.69) is 0 Å². The van der Waals surface area contributed by atoms with Gasteiger partial charge >= 0.3 is 30.9 Å². The van der Waals surface area contributed by atoms with E-state index >= 15 is 0 Å². The first-order valence-corrected chi connectivity index (χ1v) is 2.35. The van der Waals surface area contributed by atoms with Crippen molar-refractivity contribution in [1.29, 1.82) is 0 Å². The molecule has 7 heteroatoms. The third kappa shape index (κ3) is 91.9. The second kappa shape index (κ2) is 5.75. The van der Waals surface area contributed by atoms with Gasteiger partial charge in [-0.1, -0.05) is 0 Å². The van der Waals surface area contributed by atoms with Gasteiger partial charge < -0.3 is 14.7 Å². The first kappa shape index (κ1) is 15.8. The Morgan fingerprint density at radius 2 is 1.14 bits per heavy atom. The molecule has 4 nitrogen and oxygen atoms in total. The maximum Gasteiger partial charge on any atom is 0.466 e. The monoisotopic (exact) mass is 231 g/mol. The standard InChI is InChI=1S/Ag.Mg.H3O4P.2H/c;;1-5(2,3)4;;/h;;(H3,1,2,3,4);;. The number of phosphoric acid groups is 1. The van der Waals surface area contributed by atoms with Gasteiger partial charge in [-0.2, -0.15) is 0 Å². The van der Waals surface area contributed by atoms with E-state index < -0.39 is 7.82 Å². The summed E-state index contributed by atoms with van der Waals surface area (Å²) in [4.78, 5) is 21.6. The van der Waals surface area contributed by atoms with Gasteiger partial charge in [-0.3, -0.25) is 0 Å². The molecule has 0 saturated carbocycles. The summed E-state index contributed by atoms with van der Waals surface area (Å²) in [6.07, 6.45) is 0. The Morgan fingerprint density at radius 3 is 1.14 bits per heavy atom. The molecule has 0 rings (SSSR count). The number of hydrogen-bond acceptors (Lipinski definition) is 1. The van der Waals surface area contributed by atoms with Crippen molar-refractivity contribution in [3.63, 3.8) is 0 Å². The van der Waals surface area contributed by atoms with Gasteiger partial charge in [0.15, 0.2) is 0 Å². The summed E-state index contributed by atoms with van der Waals surface area (Å²) >= 11 is 0. The van der Waals surface area contributed by atoms with Crippen LogP contribution in [0.2, 0.25) is 0 Å². The van der Waals surface area contributed by atoms with E-state index in [4.69, 9.17) is 19.2 Å². The molecule has 0 heterocycles. The van der Waals surface area contributed by atoms with Gasteiger partial charge in [-0.25, -0.2) is 4.57 Å². The molecular weight excluding hydrogens is 227 g/mol. The SMILES string of the molecule is O=P(O)(O)O.[Ag].[MgH2]. The van der Waals surface area contributed by atoms with Gasteiger partial charge in [0, 0.05) is 22.4 Å². The zero-order chi connectivity index (χ0) is 4.50. The van der Waals surface area contributed by atoms with Crippen LogP contribution in [0.5, 0.6) is 0 Å². The molecule has 0 aliphatic rings. The van der Waals surface area contributed by atoms with Crippen molar-refractivity contribution in [2.24, 2.45) is 0 Å². The molecule has 0 aliphatic carbocycles. The normalized spacial score (nSPS) is 8.43. The van der Waals surface area contributed by atoms with Gasteiger partial charge in [-0.05, 0) is 0 Å². The van der Waals surface area contributed by atoms with E-state index in [0.29, 0.717) is 0 Å². The van der Waals surface area contributed by atoms with Crippen molar-refractivity contribution in [3.05, 3.63) is 0 Å². The second-order valence-electron chi connectivity index (χ2n) is 0.513. The minimum atomic E-state index is -4.64. The molecule has 0 aliphatic heterocycles. The van der Waals surface area contributed by atoms with Crippen molar-refractivity contribution in [2.45, 2.75) is 0 Å². The molecule has 0 fully saturated rings. The van der Waals surface area contributed by atoms with Crippen LogP contribution in [-0.4, -0.2) is 37.7 Å². The van der Waals surface area contributed by atoms with Crippen LogP contribution >= 0.6 is 7.82 Å². The summed E-state index contributed by atoms with van der Waals surface area (Å²) in [6.45, 7) is 0. The summed E-state index contributed by atoms with van der Waals surface area (Å²) in [7, 11) is -4.64. The Kier molecular flexibility index (Phi) is 13.0. The van der Waals surface area contributed by atoms with Crippen LogP contribution in [0.15, 0.2) is 0 Å². The van der Waals surface area contributed by atoms with Gasteiger partial charge in [0.25, 0.3) is 0 Å². The second-order valence-corrected chi connectivity index (χ2v) is 1.54. The minimum Gasteiger partial charge on any atom is -0.303 e. The first-order chi connectivity index (χ1) is 2.00. The molecular formula is H5AgMgO4P. The fourth-order valence-electron chi connectivity index (χ4n) is 0. The molecule has 0 aromatic rings. The Labute approximate surface area is 72.2 Å². The van der Waals surface area contributed by atoms with E-state index in [1.807, 2.05) is 0 Å². The molecule has 0 atom stereocenters. The Morgan fingerprint density at radius 1 is 1.14 bits per heavy atom. The Hall–Kier alpha value is 1.62. The Bertz CT molecular complexity index is 57.8. The van der Waals surface area contributed by atoms with E-state index in [0.717, 1.165) is 0 Å². The molecule has 0 saturated heterocycles. The summed E-state index contributed by atoms with van der Waals surface area (Å²) in [5.41, 5.74) is 0. The smallest absolute Gasteiger partial charge is 0.303 e. The molecule has 47 valence electrons. The molecule has 0 amide bonds. The van der Waals surface area contributed by atoms with Crippen molar-refractivity contribution >= 4 is 30.9 Å². The van der Waals surface area contributed by atoms with E-state index in [1.54, 1.807) is 0 Å². The average molecular weight is 232 g/mol. The summed E-state index contributed by atoms with van der Waals surface area (Å²) in [5.74, 6) is 0. The van der Waals surface area contributed by atoms with Crippen LogP contribution in [0.25, 0.3) is 0 Å². The zero-order valence-electron chi connectivity index (χ0n) is 2.50. The predicted octanol–water partition coefficient (Wildman–Crippen LogP) is -1.85. The summed E-state index contributed by atoms with van der Waals surface area (Å²) in [6, 6.07) is 0. The van der Waals surface area contributed by atoms with Crippen LogP contribution in [0.4, 0.5) is 0 Å². The first-order valence-electron chi connectivity index (χ1n) is 0.783. The van der Waals surface area contributed by atoms with Gasteiger partial charge in [-0.15, -0.1) is 0 Å². The van der Waals surface area contributed by atoms with E-state index in [9.17, 15) is 0 Å². The largest absolute Gasteiger partial charge is 0.466 e. The molecule has 0 aromatic heterocycles. The van der Waals surface area contributed by atoms with Crippen LogP contribution < -0.4 is 0 Å². The number of hydrogen-bond donors (Lipinski definition) is 3. The average Bonchev–Trinajstić information content (AvgIpc) is 0.722. The summed E-state index contributed by atoms with van der Waals surface area (Å²) in [5, 5.41) is 0. The van der Waals surface area contributed by atoms with Crippen molar-refractivity contribution < 1.29 is 41.6 Å². The van der Waals surface area contributed by atoms with Gasteiger partial charge in [0.1, 0.15) is 0 Å². The fraction of sp³-hybridized carbons (Fsp3) is 0. The van der Waals surface area contributed by atoms with Crippen molar-refractivity contribution in [3.8, 4) is 0 Å². The maximum absolute atomic E-state index is 8.88. The maximum atomic E-state index is 8.88. The van der Waals surface area contributed by atoms with Crippen LogP contribution in [0.3, 0.4) is 0 Å². The van der Waals surface area contributed by atoms with Gasteiger partial charge in [0.05, 0.1) is 0 Å². The molecule has 0 spiro atoms.